The molecule has 0 fully saturated rings. The van der Waals surface area contributed by atoms with Gasteiger partial charge in [0.25, 0.3) is 17.5 Å². The van der Waals surface area contributed by atoms with Gasteiger partial charge in [0.2, 0.25) is 0 Å². The summed E-state index contributed by atoms with van der Waals surface area (Å²) in [4.78, 5) is 35.4. The highest BCUT2D eigenvalue weighted by Gasteiger charge is 2.40. The number of hydrogen-bond acceptors (Lipinski definition) is 5. The van der Waals surface area contributed by atoms with Crippen molar-refractivity contribution in [3.8, 4) is 6.07 Å². The number of hydrogen-bond donors (Lipinski definition) is 0. The molecule has 7 nitrogen and oxygen atoms in total. The molecule has 130 valence electrons. The van der Waals surface area contributed by atoms with Crippen LogP contribution in [0.25, 0.3) is 0 Å². The molecule has 0 bridgehead atoms. The SMILES string of the molecule is N#Cc1ccc(N2C(=O)c3ccc([N+](=O)[O-])cc3C2=O)cc1C(F)(F)F. The average molecular weight is 361 g/mol. The minimum Gasteiger partial charge on any atom is -0.268 e. The van der Waals surface area contributed by atoms with Crippen molar-refractivity contribution in [3.63, 3.8) is 0 Å². The summed E-state index contributed by atoms with van der Waals surface area (Å²) < 4.78 is 39.3. The summed E-state index contributed by atoms with van der Waals surface area (Å²) in [7, 11) is 0. The van der Waals surface area contributed by atoms with Crippen LogP contribution in [0.4, 0.5) is 24.5 Å². The lowest BCUT2D eigenvalue weighted by Gasteiger charge is -2.17. The molecule has 0 saturated heterocycles. The molecule has 2 aromatic rings. The largest absolute Gasteiger partial charge is 0.417 e. The molecule has 0 radical (unpaired) electrons. The van der Waals surface area contributed by atoms with Crippen molar-refractivity contribution in [2.24, 2.45) is 0 Å². The summed E-state index contributed by atoms with van der Waals surface area (Å²) in [6, 6.07) is 6.79. The van der Waals surface area contributed by atoms with E-state index in [1.807, 2.05) is 0 Å². The zero-order valence-electron chi connectivity index (χ0n) is 12.6. The van der Waals surface area contributed by atoms with E-state index in [-0.39, 0.29) is 16.8 Å². The monoisotopic (exact) mass is 361 g/mol. The smallest absolute Gasteiger partial charge is 0.268 e. The number of nitro groups is 1. The Hall–Kier alpha value is -3.74. The highest BCUT2D eigenvalue weighted by atomic mass is 19.4. The van der Waals surface area contributed by atoms with Crippen molar-refractivity contribution in [3.05, 3.63) is 68.8 Å². The van der Waals surface area contributed by atoms with Crippen LogP contribution in [-0.4, -0.2) is 16.7 Å². The lowest BCUT2D eigenvalue weighted by molar-refractivity contribution is -0.384. The van der Waals surface area contributed by atoms with Crippen molar-refractivity contribution < 1.29 is 27.7 Å². The normalized spacial score (nSPS) is 13.5. The Bertz CT molecular complexity index is 1020. The van der Waals surface area contributed by atoms with Crippen LogP contribution in [0.2, 0.25) is 0 Å². The molecule has 0 N–H and O–H groups in total. The predicted molar refractivity (Wildman–Crippen MR) is 80.4 cm³/mol. The number of nitriles is 1. The fraction of sp³-hybridized carbons (Fsp3) is 0.0625. The molecular weight excluding hydrogens is 355 g/mol. The number of non-ortho nitro benzene ring substituents is 1. The Morgan fingerprint density at radius 1 is 1.04 bits per heavy atom. The highest BCUT2D eigenvalue weighted by Crippen LogP contribution is 2.37. The summed E-state index contributed by atoms with van der Waals surface area (Å²) in [6.07, 6.45) is -4.86. The van der Waals surface area contributed by atoms with Crippen molar-refractivity contribution in [1.29, 1.82) is 5.26 Å². The second-order valence-electron chi connectivity index (χ2n) is 5.27. The van der Waals surface area contributed by atoms with Crippen LogP contribution < -0.4 is 4.90 Å². The third kappa shape index (κ3) is 2.55. The minimum atomic E-state index is -4.86. The number of halogens is 3. The third-order valence-corrected chi connectivity index (χ3v) is 3.77. The number of benzene rings is 2. The quantitative estimate of drug-likeness (QED) is 0.464. The van der Waals surface area contributed by atoms with Crippen molar-refractivity contribution >= 4 is 23.2 Å². The molecule has 10 heteroatoms. The first-order valence-electron chi connectivity index (χ1n) is 6.93. The average Bonchev–Trinajstić information content (AvgIpc) is 2.84. The molecule has 1 aliphatic rings. The minimum absolute atomic E-state index is 0.154. The number of amides is 2. The number of fused-ring (bicyclic) bond motifs is 1. The Labute approximate surface area is 143 Å². The molecule has 1 aliphatic heterocycles. The molecule has 1 heterocycles. The van der Waals surface area contributed by atoms with Gasteiger partial charge in [0.1, 0.15) is 0 Å². The van der Waals surface area contributed by atoms with Crippen LogP contribution in [0.3, 0.4) is 0 Å². The van der Waals surface area contributed by atoms with Gasteiger partial charge < -0.3 is 0 Å². The molecule has 26 heavy (non-hydrogen) atoms. The maximum Gasteiger partial charge on any atom is 0.417 e. The highest BCUT2D eigenvalue weighted by molar-refractivity contribution is 6.34. The van der Waals surface area contributed by atoms with Crippen LogP contribution in [0, 0.1) is 21.4 Å². The third-order valence-electron chi connectivity index (χ3n) is 3.77. The number of nitrogens with zero attached hydrogens (tertiary/aromatic N) is 3. The second-order valence-corrected chi connectivity index (χ2v) is 5.27. The van der Waals surface area contributed by atoms with Crippen LogP contribution in [0.5, 0.6) is 0 Å². The first kappa shape index (κ1) is 17.1. The molecule has 0 unspecified atom stereocenters. The van der Waals surface area contributed by atoms with E-state index in [1.54, 1.807) is 0 Å². The van der Waals surface area contributed by atoms with Gasteiger partial charge in [0, 0.05) is 12.1 Å². The number of carbonyl (C=O) groups is 2. The Morgan fingerprint density at radius 2 is 1.69 bits per heavy atom. The Balaban J connectivity index is 2.12. The van der Waals surface area contributed by atoms with Gasteiger partial charge >= 0.3 is 6.18 Å². The Morgan fingerprint density at radius 3 is 2.27 bits per heavy atom. The number of rotatable bonds is 2. The van der Waals surface area contributed by atoms with Crippen LogP contribution >= 0.6 is 0 Å². The molecule has 2 aromatic carbocycles. The molecule has 0 aromatic heterocycles. The lowest BCUT2D eigenvalue weighted by atomic mass is 10.1. The number of nitro benzene ring substituents is 1. The van der Waals surface area contributed by atoms with Crippen LogP contribution in [0.15, 0.2) is 36.4 Å². The van der Waals surface area contributed by atoms with Gasteiger partial charge in [0.05, 0.1) is 38.9 Å². The first-order chi connectivity index (χ1) is 12.1. The second kappa shape index (κ2) is 5.66. The van der Waals surface area contributed by atoms with E-state index in [4.69, 9.17) is 5.26 Å². The number of imide groups is 1. The Kier molecular flexibility index (Phi) is 3.72. The van der Waals surface area contributed by atoms with Gasteiger partial charge in [-0.3, -0.25) is 19.7 Å². The summed E-state index contributed by atoms with van der Waals surface area (Å²) in [5.74, 6) is -1.88. The zero-order chi connectivity index (χ0) is 19.2. The summed E-state index contributed by atoms with van der Waals surface area (Å²) in [6.45, 7) is 0. The van der Waals surface area contributed by atoms with E-state index in [0.29, 0.717) is 11.0 Å². The molecule has 0 spiro atoms. The van der Waals surface area contributed by atoms with E-state index in [0.717, 1.165) is 30.3 Å². The molecular formula is C16H6F3N3O4. The van der Waals surface area contributed by atoms with Gasteiger partial charge in [0.15, 0.2) is 0 Å². The number of alkyl halides is 3. The lowest BCUT2D eigenvalue weighted by Crippen LogP contribution is -2.29. The number of carbonyl (C=O) groups excluding carboxylic acids is 2. The fourth-order valence-corrected chi connectivity index (χ4v) is 2.58. The predicted octanol–water partition coefficient (Wildman–Crippen LogP) is 3.29. The number of anilines is 1. The van der Waals surface area contributed by atoms with Gasteiger partial charge in [-0.1, -0.05) is 0 Å². The topological polar surface area (TPSA) is 104 Å². The van der Waals surface area contributed by atoms with Crippen molar-refractivity contribution in [1.82, 2.24) is 0 Å². The molecule has 3 rings (SSSR count). The fourth-order valence-electron chi connectivity index (χ4n) is 2.58. The van der Waals surface area contributed by atoms with E-state index in [9.17, 15) is 32.9 Å². The van der Waals surface area contributed by atoms with E-state index >= 15 is 0 Å². The maximum absolute atomic E-state index is 13.1. The zero-order valence-corrected chi connectivity index (χ0v) is 12.6. The van der Waals surface area contributed by atoms with Crippen molar-refractivity contribution in [2.45, 2.75) is 6.18 Å². The molecule has 2 amide bonds. The molecule has 0 atom stereocenters. The standard InChI is InChI=1S/C16H6F3N3O4/c17-16(18,19)13-6-9(2-1-8(13)7-20)21-14(23)11-4-3-10(22(25)26)5-12(11)15(21)24/h1-6H. The van der Waals surface area contributed by atoms with Crippen LogP contribution in [0.1, 0.15) is 31.8 Å². The van der Waals surface area contributed by atoms with Gasteiger partial charge in [-0.25, -0.2) is 4.90 Å². The molecule has 0 saturated carbocycles. The summed E-state index contributed by atoms with van der Waals surface area (Å²) in [5, 5.41) is 19.6. The first-order valence-corrected chi connectivity index (χ1v) is 6.93. The van der Waals surface area contributed by atoms with E-state index in [2.05, 4.69) is 0 Å². The van der Waals surface area contributed by atoms with E-state index in [1.165, 1.54) is 6.07 Å². The van der Waals surface area contributed by atoms with Crippen LogP contribution in [-0.2, 0) is 6.18 Å². The van der Waals surface area contributed by atoms with Gasteiger partial charge in [-0.05, 0) is 24.3 Å². The molecule has 0 aliphatic carbocycles. The summed E-state index contributed by atoms with van der Waals surface area (Å²) >= 11 is 0. The summed E-state index contributed by atoms with van der Waals surface area (Å²) in [5.41, 5.74) is -3.19. The van der Waals surface area contributed by atoms with Crippen molar-refractivity contribution in [2.75, 3.05) is 4.90 Å². The van der Waals surface area contributed by atoms with E-state index < -0.39 is 39.7 Å². The maximum atomic E-state index is 13.1. The van der Waals surface area contributed by atoms with Gasteiger partial charge in [-0.15, -0.1) is 0 Å². The van der Waals surface area contributed by atoms with Gasteiger partial charge in [-0.2, -0.15) is 18.4 Å².